The van der Waals surface area contributed by atoms with E-state index < -0.39 is 15.6 Å². The van der Waals surface area contributed by atoms with Gasteiger partial charge in [-0.05, 0) is 95.2 Å². The monoisotopic (exact) mass is 527 g/mol. The first-order valence-electron chi connectivity index (χ1n) is 13.7. The van der Waals surface area contributed by atoms with Crippen LogP contribution in [0.4, 0.5) is 0 Å². The van der Waals surface area contributed by atoms with Crippen LogP contribution < -0.4 is 5.32 Å². The molecular formula is C29H41N3O4S. The molecule has 2 aromatic rings. The van der Waals surface area contributed by atoms with E-state index in [1.807, 2.05) is 53.7 Å². The molecule has 0 unspecified atom stereocenters. The third kappa shape index (κ3) is 4.45. The van der Waals surface area contributed by atoms with Gasteiger partial charge in [0.25, 0.3) is 5.91 Å². The summed E-state index contributed by atoms with van der Waals surface area (Å²) in [6, 6.07) is 5.95. The number of sulfonamides is 1. The molecule has 1 aromatic carbocycles. The zero-order chi connectivity index (χ0) is 26.7. The molecule has 2 aliphatic heterocycles. The number of carbonyl (C=O) groups is 1. The molecule has 37 heavy (non-hydrogen) atoms. The highest BCUT2D eigenvalue weighted by atomic mass is 32.2. The lowest BCUT2D eigenvalue weighted by molar-refractivity contribution is -0.00347. The zero-order valence-electron chi connectivity index (χ0n) is 23.1. The molecule has 3 heterocycles. The summed E-state index contributed by atoms with van der Waals surface area (Å²) in [6.45, 7) is 13.8. The molecule has 7 nitrogen and oxygen atoms in total. The van der Waals surface area contributed by atoms with Crippen molar-refractivity contribution >= 4 is 15.9 Å². The Hall–Kier alpha value is -2.16. The fraction of sp³-hybridized carbons (Fsp3) is 0.621. The van der Waals surface area contributed by atoms with E-state index in [4.69, 9.17) is 4.74 Å². The summed E-state index contributed by atoms with van der Waals surface area (Å²) in [5.74, 6) is 0.513. The van der Waals surface area contributed by atoms with E-state index in [1.54, 1.807) is 4.31 Å². The van der Waals surface area contributed by atoms with Gasteiger partial charge < -0.3 is 14.6 Å². The van der Waals surface area contributed by atoms with E-state index in [1.165, 1.54) is 32.1 Å². The molecule has 0 bridgehead atoms. The SMILES string of the molecule is Cc1cc(-c2cc(C(=O)NC3COC3)c(C)n2CC2CCCCC2)cc2c1S(=O)(=O)N(C(C)C)C2(C)C. The quantitative estimate of drug-likeness (QED) is 0.565. The van der Waals surface area contributed by atoms with Gasteiger partial charge in [0.05, 0.1) is 35.3 Å². The highest BCUT2D eigenvalue weighted by Crippen LogP contribution is 2.48. The zero-order valence-corrected chi connectivity index (χ0v) is 23.9. The fourth-order valence-electron chi connectivity index (χ4n) is 6.72. The largest absolute Gasteiger partial charge is 0.377 e. The van der Waals surface area contributed by atoms with Crippen LogP contribution in [0.3, 0.4) is 0 Å². The van der Waals surface area contributed by atoms with E-state index in [9.17, 15) is 13.2 Å². The highest BCUT2D eigenvalue weighted by Gasteiger charge is 2.50. The van der Waals surface area contributed by atoms with Crippen LogP contribution in [0.25, 0.3) is 11.3 Å². The van der Waals surface area contributed by atoms with Crippen LogP contribution in [-0.2, 0) is 26.8 Å². The number of rotatable bonds is 6. The summed E-state index contributed by atoms with van der Waals surface area (Å²) in [5.41, 5.74) is 4.53. The normalized spacial score (nSPS) is 21.7. The number of hydrogen-bond donors (Lipinski definition) is 1. The number of benzene rings is 1. The molecule has 0 spiro atoms. The summed E-state index contributed by atoms with van der Waals surface area (Å²) in [7, 11) is -3.59. The Morgan fingerprint density at radius 2 is 1.78 bits per heavy atom. The van der Waals surface area contributed by atoms with Crippen molar-refractivity contribution < 1.29 is 17.9 Å². The van der Waals surface area contributed by atoms with Gasteiger partial charge in [0.2, 0.25) is 10.0 Å². The number of aryl methyl sites for hydroxylation is 1. The summed E-state index contributed by atoms with van der Waals surface area (Å²) < 4.78 is 36.3. The molecule has 1 saturated heterocycles. The van der Waals surface area contributed by atoms with Crippen LogP contribution in [0, 0.1) is 19.8 Å². The van der Waals surface area contributed by atoms with Gasteiger partial charge in [-0.15, -0.1) is 0 Å². The Bertz CT molecular complexity index is 1320. The number of hydrogen-bond acceptors (Lipinski definition) is 4. The molecule has 1 saturated carbocycles. The van der Waals surface area contributed by atoms with E-state index in [-0.39, 0.29) is 18.0 Å². The molecule has 1 N–H and O–H groups in total. The topological polar surface area (TPSA) is 80.6 Å². The molecule has 202 valence electrons. The number of carbonyl (C=O) groups excluding carboxylic acids is 1. The van der Waals surface area contributed by atoms with E-state index in [0.717, 1.165) is 34.6 Å². The van der Waals surface area contributed by atoms with Gasteiger partial charge in [-0.1, -0.05) is 19.3 Å². The molecule has 0 atom stereocenters. The number of amides is 1. The summed E-state index contributed by atoms with van der Waals surface area (Å²) >= 11 is 0. The van der Waals surface area contributed by atoms with Crippen molar-refractivity contribution in [3.63, 3.8) is 0 Å². The van der Waals surface area contributed by atoms with Gasteiger partial charge >= 0.3 is 0 Å². The third-order valence-corrected chi connectivity index (χ3v) is 11.0. The number of nitrogens with one attached hydrogen (secondary N) is 1. The first-order valence-corrected chi connectivity index (χ1v) is 15.2. The van der Waals surface area contributed by atoms with Gasteiger partial charge in [0.15, 0.2) is 0 Å². The van der Waals surface area contributed by atoms with Crippen molar-refractivity contribution in [2.75, 3.05) is 13.2 Å². The smallest absolute Gasteiger partial charge is 0.253 e. The second-order valence-corrected chi connectivity index (χ2v) is 13.7. The third-order valence-electron chi connectivity index (χ3n) is 8.52. The van der Waals surface area contributed by atoms with Crippen LogP contribution in [0.15, 0.2) is 23.1 Å². The minimum absolute atomic E-state index is 0.0623. The molecule has 1 amide bonds. The van der Waals surface area contributed by atoms with Crippen molar-refractivity contribution in [3.8, 4) is 11.3 Å². The van der Waals surface area contributed by atoms with Crippen molar-refractivity contribution in [2.45, 2.75) is 103 Å². The minimum Gasteiger partial charge on any atom is -0.377 e. The Morgan fingerprint density at radius 1 is 1.11 bits per heavy atom. The molecule has 1 aromatic heterocycles. The second-order valence-electron chi connectivity index (χ2n) is 12.0. The predicted molar refractivity (Wildman–Crippen MR) is 145 cm³/mol. The Balaban J connectivity index is 1.63. The Labute approximate surface area is 221 Å². The molecule has 8 heteroatoms. The van der Waals surface area contributed by atoms with Crippen molar-refractivity contribution in [3.05, 3.63) is 40.6 Å². The predicted octanol–water partition coefficient (Wildman–Crippen LogP) is 5.13. The average Bonchev–Trinajstić information content (AvgIpc) is 3.19. The summed E-state index contributed by atoms with van der Waals surface area (Å²) in [6.07, 6.45) is 6.21. The molecule has 0 radical (unpaired) electrons. The standard InChI is InChI=1S/C29H41N3O4S/c1-18(2)32-29(5,6)25-13-22(12-19(3)27(25)37(32,34)35)26-14-24(28(33)30-23-16-36-17-23)20(4)31(26)15-21-10-8-7-9-11-21/h12-14,18,21,23H,7-11,15-17H2,1-6H3,(H,30,33). The van der Waals surface area contributed by atoms with E-state index in [2.05, 4.69) is 16.0 Å². The van der Waals surface area contributed by atoms with Crippen molar-refractivity contribution in [1.29, 1.82) is 0 Å². The lowest BCUT2D eigenvalue weighted by atomic mass is 9.88. The maximum Gasteiger partial charge on any atom is 0.253 e. The summed E-state index contributed by atoms with van der Waals surface area (Å²) in [4.78, 5) is 13.7. The van der Waals surface area contributed by atoms with Crippen LogP contribution in [0.1, 0.15) is 87.0 Å². The highest BCUT2D eigenvalue weighted by molar-refractivity contribution is 7.89. The second kappa shape index (κ2) is 9.54. The number of nitrogens with zero attached hydrogens (tertiary/aromatic N) is 2. The average molecular weight is 528 g/mol. The van der Waals surface area contributed by atoms with Gasteiger partial charge in [-0.2, -0.15) is 4.31 Å². The van der Waals surface area contributed by atoms with Crippen molar-refractivity contribution in [2.24, 2.45) is 5.92 Å². The Kier molecular flexibility index (Phi) is 6.82. The van der Waals surface area contributed by atoms with Crippen LogP contribution in [-0.4, -0.2) is 48.5 Å². The molecular weight excluding hydrogens is 486 g/mol. The van der Waals surface area contributed by atoms with Gasteiger partial charge in [0.1, 0.15) is 0 Å². The molecule has 2 fully saturated rings. The maximum absolute atomic E-state index is 13.6. The maximum atomic E-state index is 13.6. The number of aromatic nitrogens is 1. The van der Waals surface area contributed by atoms with Crippen molar-refractivity contribution in [1.82, 2.24) is 14.2 Å². The lowest BCUT2D eigenvalue weighted by Gasteiger charge is -2.33. The molecule has 5 rings (SSSR count). The lowest BCUT2D eigenvalue weighted by Crippen LogP contribution is -2.48. The van der Waals surface area contributed by atoms with Gasteiger partial charge in [-0.25, -0.2) is 8.42 Å². The number of fused-ring (bicyclic) bond motifs is 1. The van der Waals surface area contributed by atoms with Gasteiger partial charge in [-0.3, -0.25) is 4.79 Å². The number of ether oxygens (including phenoxy) is 1. The van der Waals surface area contributed by atoms with E-state index in [0.29, 0.717) is 29.6 Å². The fourth-order valence-corrected chi connectivity index (χ4v) is 9.22. The molecule has 3 aliphatic rings. The van der Waals surface area contributed by atoms with Crippen LogP contribution >= 0.6 is 0 Å². The molecule has 1 aliphatic carbocycles. The van der Waals surface area contributed by atoms with Gasteiger partial charge in [0, 0.05) is 24.0 Å². The van der Waals surface area contributed by atoms with Crippen LogP contribution in [0.2, 0.25) is 0 Å². The van der Waals surface area contributed by atoms with Crippen LogP contribution in [0.5, 0.6) is 0 Å². The Morgan fingerprint density at radius 3 is 2.38 bits per heavy atom. The first-order chi connectivity index (χ1) is 17.4. The summed E-state index contributed by atoms with van der Waals surface area (Å²) in [5, 5.41) is 3.10. The first kappa shape index (κ1) is 26.4. The van der Waals surface area contributed by atoms with E-state index >= 15 is 0 Å². The minimum atomic E-state index is -3.59.